The molecule has 0 aliphatic carbocycles. The lowest BCUT2D eigenvalue weighted by atomic mass is 10.0. The maximum atomic E-state index is 9.57. The van der Waals surface area contributed by atoms with Gasteiger partial charge in [0, 0.05) is 12.6 Å². The highest BCUT2D eigenvalue weighted by Crippen LogP contribution is 2.24. The first-order valence-electron chi connectivity index (χ1n) is 7.57. The minimum atomic E-state index is -0.186. The summed E-state index contributed by atoms with van der Waals surface area (Å²) < 4.78 is 0. The summed E-state index contributed by atoms with van der Waals surface area (Å²) >= 11 is 0. The predicted molar refractivity (Wildman–Crippen MR) is 80.3 cm³/mol. The predicted octanol–water partition coefficient (Wildman–Crippen LogP) is 3.55. The molecule has 1 N–H and O–H groups in total. The lowest BCUT2D eigenvalue weighted by Gasteiger charge is -2.25. The van der Waals surface area contributed by atoms with Gasteiger partial charge in [-0.15, -0.1) is 0 Å². The molecular weight excluding hydrogens is 234 g/mol. The molecule has 0 saturated carbocycles. The van der Waals surface area contributed by atoms with Gasteiger partial charge in [-0.25, -0.2) is 0 Å². The van der Waals surface area contributed by atoms with Crippen LogP contribution in [0.1, 0.15) is 57.1 Å². The summed E-state index contributed by atoms with van der Waals surface area (Å²) in [5.74, 6) is 0.601. The third-order valence-corrected chi connectivity index (χ3v) is 4.14. The zero-order valence-corrected chi connectivity index (χ0v) is 12.5. The second kappa shape index (κ2) is 6.53. The van der Waals surface area contributed by atoms with Crippen molar-refractivity contribution in [1.82, 2.24) is 4.90 Å². The number of nitrogens with zero attached hydrogens (tertiary/aromatic N) is 1. The van der Waals surface area contributed by atoms with Gasteiger partial charge in [-0.05, 0) is 49.8 Å². The van der Waals surface area contributed by atoms with Gasteiger partial charge < -0.3 is 5.11 Å². The van der Waals surface area contributed by atoms with Crippen LogP contribution in [0.3, 0.4) is 0 Å². The van der Waals surface area contributed by atoms with Gasteiger partial charge in [-0.1, -0.05) is 38.1 Å². The Labute approximate surface area is 117 Å². The topological polar surface area (TPSA) is 23.5 Å². The van der Waals surface area contributed by atoms with Gasteiger partial charge in [-0.3, -0.25) is 4.90 Å². The van der Waals surface area contributed by atoms with Crippen LogP contribution in [-0.2, 0) is 6.54 Å². The highest BCUT2D eigenvalue weighted by molar-refractivity contribution is 5.24. The summed E-state index contributed by atoms with van der Waals surface area (Å²) in [6.07, 6.45) is 3.22. The van der Waals surface area contributed by atoms with Gasteiger partial charge in [0.1, 0.15) is 0 Å². The van der Waals surface area contributed by atoms with Crippen LogP contribution in [-0.4, -0.2) is 28.7 Å². The first-order valence-corrected chi connectivity index (χ1v) is 7.57. The molecule has 0 bridgehead atoms. The fraction of sp³-hybridized carbons (Fsp3) is 0.647. The Bertz CT molecular complexity index is 383. The van der Waals surface area contributed by atoms with E-state index in [9.17, 15) is 5.11 Å². The lowest BCUT2D eigenvalue weighted by molar-refractivity contribution is 0.131. The van der Waals surface area contributed by atoms with Crippen LogP contribution in [0.15, 0.2) is 24.3 Å². The van der Waals surface area contributed by atoms with Crippen molar-refractivity contribution in [2.45, 2.75) is 64.6 Å². The smallest absolute Gasteiger partial charge is 0.0527 e. The van der Waals surface area contributed by atoms with Crippen LogP contribution < -0.4 is 0 Å². The molecule has 19 heavy (non-hydrogen) atoms. The monoisotopic (exact) mass is 261 g/mol. The van der Waals surface area contributed by atoms with E-state index in [2.05, 4.69) is 43.0 Å². The van der Waals surface area contributed by atoms with Gasteiger partial charge >= 0.3 is 0 Å². The van der Waals surface area contributed by atoms with E-state index in [1.54, 1.807) is 0 Å². The van der Waals surface area contributed by atoms with E-state index in [0.29, 0.717) is 12.0 Å². The average Bonchev–Trinajstić information content (AvgIpc) is 2.76. The summed E-state index contributed by atoms with van der Waals surface area (Å²) in [6, 6.07) is 9.57. The van der Waals surface area contributed by atoms with Gasteiger partial charge in [0.05, 0.1) is 6.10 Å². The Balaban J connectivity index is 1.96. The number of aliphatic hydroxyl groups excluding tert-OH is 1. The van der Waals surface area contributed by atoms with E-state index in [0.717, 1.165) is 13.0 Å². The van der Waals surface area contributed by atoms with Crippen LogP contribution in [0, 0.1) is 0 Å². The molecule has 2 heteroatoms. The number of benzene rings is 1. The molecule has 1 heterocycles. The van der Waals surface area contributed by atoms with Gasteiger partial charge in [0.25, 0.3) is 0 Å². The molecular formula is C17H27NO. The SMILES string of the molecule is CC(O)CC1CCCN1Cc1ccc(C(C)C)cc1. The van der Waals surface area contributed by atoms with E-state index >= 15 is 0 Å². The second-order valence-corrected chi connectivity index (χ2v) is 6.25. The number of hydrogen-bond donors (Lipinski definition) is 1. The molecule has 0 amide bonds. The standard InChI is InChI=1S/C17H27NO/c1-13(2)16-8-6-15(7-9-16)12-18-10-4-5-17(18)11-14(3)19/h6-9,13-14,17,19H,4-5,10-12H2,1-3H3. The van der Waals surface area contributed by atoms with Crippen molar-refractivity contribution in [2.75, 3.05) is 6.54 Å². The maximum Gasteiger partial charge on any atom is 0.0527 e. The number of aliphatic hydroxyl groups is 1. The molecule has 0 radical (unpaired) electrons. The summed E-state index contributed by atoms with van der Waals surface area (Å²) in [5.41, 5.74) is 2.80. The highest BCUT2D eigenvalue weighted by Gasteiger charge is 2.25. The van der Waals surface area contributed by atoms with E-state index in [1.807, 2.05) is 6.92 Å². The van der Waals surface area contributed by atoms with Crippen LogP contribution in [0.5, 0.6) is 0 Å². The summed E-state index contributed by atoms with van der Waals surface area (Å²) in [5, 5.41) is 9.57. The fourth-order valence-corrected chi connectivity index (χ4v) is 3.01. The van der Waals surface area contributed by atoms with Crippen molar-refractivity contribution in [3.63, 3.8) is 0 Å². The molecule has 1 saturated heterocycles. The number of likely N-dealkylation sites (tertiary alicyclic amines) is 1. The van der Waals surface area contributed by atoms with Crippen LogP contribution >= 0.6 is 0 Å². The Morgan fingerprint density at radius 2 is 1.89 bits per heavy atom. The second-order valence-electron chi connectivity index (χ2n) is 6.25. The van der Waals surface area contributed by atoms with Crippen molar-refractivity contribution >= 4 is 0 Å². The molecule has 1 aliphatic rings. The minimum Gasteiger partial charge on any atom is -0.393 e. The fourth-order valence-electron chi connectivity index (χ4n) is 3.01. The highest BCUT2D eigenvalue weighted by atomic mass is 16.3. The van der Waals surface area contributed by atoms with E-state index in [-0.39, 0.29) is 6.10 Å². The van der Waals surface area contributed by atoms with Crippen LogP contribution in [0.25, 0.3) is 0 Å². The molecule has 0 aromatic heterocycles. The third-order valence-electron chi connectivity index (χ3n) is 4.14. The first-order chi connectivity index (χ1) is 9.06. The molecule has 1 fully saturated rings. The first kappa shape index (κ1) is 14.5. The quantitative estimate of drug-likeness (QED) is 0.876. The zero-order valence-electron chi connectivity index (χ0n) is 12.5. The summed E-state index contributed by atoms with van der Waals surface area (Å²) in [7, 11) is 0. The van der Waals surface area contributed by atoms with Crippen molar-refractivity contribution in [3.05, 3.63) is 35.4 Å². The zero-order chi connectivity index (χ0) is 13.8. The van der Waals surface area contributed by atoms with Gasteiger partial charge in [0.2, 0.25) is 0 Å². The normalized spacial score (nSPS) is 22.1. The molecule has 106 valence electrons. The van der Waals surface area contributed by atoms with Gasteiger partial charge in [-0.2, -0.15) is 0 Å². The average molecular weight is 261 g/mol. The summed E-state index contributed by atoms with van der Waals surface area (Å²) in [4.78, 5) is 2.52. The maximum absolute atomic E-state index is 9.57. The third kappa shape index (κ3) is 4.05. The lowest BCUT2D eigenvalue weighted by Crippen LogP contribution is -2.31. The van der Waals surface area contributed by atoms with Crippen molar-refractivity contribution in [2.24, 2.45) is 0 Å². The van der Waals surface area contributed by atoms with Crippen molar-refractivity contribution in [1.29, 1.82) is 0 Å². The molecule has 2 rings (SSSR count). The van der Waals surface area contributed by atoms with E-state index < -0.39 is 0 Å². The molecule has 2 nitrogen and oxygen atoms in total. The molecule has 2 unspecified atom stereocenters. The van der Waals surface area contributed by atoms with Crippen molar-refractivity contribution in [3.8, 4) is 0 Å². The van der Waals surface area contributed by atoms with Crippen LogP contribution in [0.2, 0.25) is 0 Å². The Hall–Kier alpha value is -0.860. The Morgan fingerprint density at radius 1 is 1.21 bits per heavy atom. The van der Waals surface area contributed by atoms with Gasteiger partial charge in [0.15, 0.2) is 0 Å². The molecule has 0 spiro atoms. The van der Waals surface area contributed by atoms with Crippen molar-refractivity contribution < 1.29 is 5.11 Å². The Morgan fingerprint density at radius 3 is 2.47 bits per heavy atom. The molecule has 1 aromatic carbocycles. The van der Waals surface area contributed by atoms with Crippen LogP contribution in [0.4, 0.5) is 0 Å². The molecule has 1 aliphatic heterocycles. The number of rotatable bonds is 5. The summed E-state index contributed by atoms with van der Waals surface area (Å²) in [6.45, 7) is 8.55. The Kier molecular flexibility index (Phi) is 5.00. The van der Waals surface area contributed by atoms with E-state index in [1.165, 1.54) is 30.5 Å². The molecule has 1 aromatic rings. The minimum absolute atomic E-state index is 0.186. The van der Waals surface area contributed by atoms with E-state index in [4.69, 9.17) is 0 Å². The number of hydrogen-bond acceptors (Lipinski definition) is 2. The molecule has 2 atom stereocenters. The largest absolute Gasteiger partial charge is 0.393 e.